The molecule has 2 aromatic carbocycles. The van der Waals surface area contributed by atoms with Crippen LogP contribution in [0.3, 0.4) is 0 Å². The van der Waals surface area contributed by atoms with E-state index < -0.39 is 23.6 Å². The van der Waals surface area contributed by atoms with Crippen LogP contribution in [0.15, 0.2) is 39.7 Å². The zero-order chi connectivity index (χ0) is 24.9. The minimum Gasteiger partial charge on any atom is -0.490 e. The number of carbonyl (C=O) groups excluding carboxylic acids is 3. The number of hydrogen-bond acceptors (Lipinski definition) is 8. The molecule has 0 aromatic heterocycles. The first kappa shape index (κ1) is 24.5. The number of thioether (sulfide) groups is 1. The standard InChI is InChI=1S/C24H19BrN2O7S/c1-3-7-32-22-16(25)8-14(9-19(22)31-4-2)10-20-23(29)27(24(30)35-20)12-21(28)26-15-5-6-17-18(11-15)34-13-33-17/h1,5-6,8-11H,4,7,12-13H2,2H3,(H,26,28)/b20-10-. The van der Waals surface area contributed by atoms with E-state index >= 15 is 0 Å². The number of halogens is 1. The SMILES string of the molecule is C#CCOc1c(Br)cc(/C=C2\SC(=O)N(CC(=O)Nc3ccc4c(c3)OCO4)C2=O)cc1OCC. The molecule has 0 spiro atoms. The van der Waals surface area contributed by atoms with Gasteiger partial charge in [0.15, 0.2) is 23.0 Å². The summed E-state index contributed by atoms with van der Waals surface area (Å²) in [5.41, 5.74) is 1.06. The van der Waals surface area contributed by atoms with Crippen molar-refractivity contribution in [2.75, 3.05) is 31.9 Å². The molecular weight excluding hydrogens is 540 g/mol. The zero-order valence-electron chi connectivity index (χ0n) is 18.5. The fourth-order valence-electron chi connectivity index (χ4n) is 3.29. The summed E-state index contributed by atoms with van der Waals surface area (Å²) in [7, 11) is 0. The highest BCUT2D eigenvalue weighted by Crippen LogP contribution is 2.39. The van der Waals surface area contributed by atoms with Crippen LogP contribution < -0.4 is 24.3 Å². The molecule has 0 saturated carbocycles. The van der Waals surface area contributed by atoms with E-state index in [1.807, 2.05) is 6.92 Å². The normalized spacial score (nSPS) is 15.3. The molecular formula is C24H19BrN2O7S. The highest BCUT2D eigenvalue weighted by atomic mass is 79.9. The highest BCUT2D eigenvalue weighted by Gasteiger charge is 2.36. The van der Waals surface area contributed by atoms with Crippen LogP contribution in [-0.2, 0) is 9.59 Å². The quantitative estimate of drug-likeness (QED) is 0.378. The lowest BCUT2D eigenvalue weighted by Gasteiger charge is -2.13. The van der Waals surface area contributed by atoms with E-state index in [1.165, 1.54) is 0 Å². The van der Waals surface area contributed by atoms with Gasteiger partial charge < -0.3 is 24.3 Å². The van der Waals surface area contributed by atoms with Crippen molar-refractivity contribution in [1.82, 2.24) is 4.90 Å². The third-order valence-corrected chi connectivity index (χ3v) is 6.26. The number of fused-ring (bicyclic) bond motifs is 1. The largest absolute Gasteiger partial charge is 0.490 e. The number of amides is 3. The van der Waals surface area contributed by atoms with Crippen molar-refractivity contribution >= 4 is 56.5 Å². The smallest absolute Gasteiger partial charge is 0.294 e. The van der Waals surface area contributed by atoms with Crippen LogP contribution in [0.1, 0.15) is 12.5 Å². The van der Waals surface area contributed by atoms with Crippen molar-refractivity contribution in [2.45, 2.75) is 6.92 Å². The molecule has 1 saturated heterocycles. The molecule has 0 unspecified atom stereocenters. The van der Waals surface area contributed by atoms with Gasteiger partial charge in [-0.3, -0.25) is 19.3 Å². The summed E-state index contributed by atoms with van der Waals surface area (Å²) in [6.45, 7) is 1.95. The van der Waals surface area contributed by atoms with E-state index in [2.05, 4.69) is 27.2 Å². The first-order valence-electron chi connectivity index (χ1n) is 10.4. The highest BCUT2D eigenvalue weighted by molar-refractivity contribution is 9.10. The lowest BCUT2D eigenvalue weighted by atomic mass is 10.2. The lowest BCUT2D eigenvalue weighted by Crippen LogP contribution is -2.36. The van der Waals surface area contributed by atoms with Crippen LogP contribution in [-0.4, -0.2) is 48.5 Å². The summed E-state index contributed by atoms with van der Waals surface area (Å²) in [6, 6.07) is 8.32. The number of imide groups is 1. The number of rotatable bonds is 8. The van der Waals surface area contributed by atoms with Crippen molar-refractivity contribution in [3.63, 3.8) is 0 Å². The molecule has 2 heterocycles. The summed E-state index contributed by atoms with van der Waals surface area (Å²) >= 11 is 4.18. The predicted octanol–water partition coefficient (Wildman–Crippen LogP) is 4.26. The van der Waals surface area contributed by atoms with Gasteiger partial charge in [0, 0.05) is 11.8 Å². The third kappa shape index (κ3) is 5.55. The molecule has 1 N–H and O–H groups in total. The van der Waals surface area contributed by atoms with Gasteiger partial charge in [-0.1, -0.05) is 5.92 Å². The van der Waals surface area contributed by atoms with Gasteiger partial charge in [-0.2, -0.15) is 0 Å². The Hall–Kier alpha value is -3.62. The Morgan fingerprint density at radius 1 is 1.26 bits per heavy atom. The van der Waals surface area contributed by atoms with E-state index in [4.69, 9.17) is 25.4 Å². The molecule has 35 heavy (non-hydrogen) atoms. The van der Waals surface area contributed by atoms with Crippen LogP contribution >= 0.6 is 27.7 Å². The van der Waals surface area contributed by atoms with E-state index in [0.29, 0.717) is 45.3 Å². The minimum atomic E-state index is -0.567. The number of hydrogen-bond donors (Lipinski definition) is 1. The van der Waals surface area contributed by atoms with Crippen molar-refractivity contribution in [3.8, 4) is 35.3 Å². The third-order valence-electron chi connectivity index (χ3n) is 4.76. The number of benzene rings is 2. The van der Waals surface area contributed by atoms with E-state index in [0.717, 1.165) is 16.7 Å². The number of ether oxygens (including phenoxy) is 4. The maximum atomic E-state index is 12.9. The molecule has 4 rings (SSSR count). The summed E-state index contributed by atoms with van der Waals surface area (Å²) in [5, 5.41) is 2.11. The van der Waals surface area contributed by atoms with Crippen molar-refractivity contribution in [3.05, 3.63) is 45.3 Å². The number of nitrogens with zero attached hydrogens (tertiary/aromatic N) is 1. The molecule has 11 heteroatoms. The van der Waals surface area contributed by atoms with Gasteiger partial charge >= 0.3 is 0 Å². The first-order chi connectivity index (χ1) is 16.9. The Labute approximate surface area is 213 Å². The van der Waals surface area contributed by atoms with Crippen LogP contribution in [0, 0.1) is 12.3 Å². The minimum absolute atomic E-state index is 0.0607. The van der Waals surface area contributed by atoms with Gasteiger partial charge in [-0.05, 0) is 70.5 Å². The molecule has 9 nitrogen and oxygen atoms in total. The number of anilines is 1. The van der Waals surface area contributed by atoms with Crippen molar-refractivity contribution in [1.29, 1.82) is 0 Å². The predicted molar refractivity (Wildman–Crippen MR) is 134 cm³/mol. The molecule has 2 aliphatic heterocycles. The molecule has 3 amide bonds. The summed E-state index contributed by atoms with van der Waals surface area (Å²) in [6.07, 6.45) is 6.83. The summed E-state index contributed by atoms with van der Waals surface area (Å²) in [5.74, 6) is 3.26. The van der Waals surface area contributed by atoms with Gasteiger partial charge in [0.2, 0.25) is 12.7 Å². The molecule has 0 atom stereocenters. The maximum Gasteiger partial charge on any atom is 0.294 e. The second kappa shape index (κ2) is 10.8. The monoisotopic (exact) mass is 558 g/mol. The molecule has 1 fully saturated rings. The average molecular weight is 559 g/mol. The molecule has 2 aliphatic rings. The number of nitrogens with one attached hydrogen (secondary N) is 1. The fourth-order valence-corrected chi connectivity index (χ4v) is 4.71. The van der Waals surface area contributed by atoms with E-state index in [-0.39, 0.29) is 18.3 Å². The van der Waals surface area contributed by atoms with Crippen molar-refractivity contribution in [2.24, 2.45) is 0 Å². The maximum absolute atomic E-state index is 12.9. The number of carbonyl (C=O) groups is 3. The molecule has 0 bridgehead atoms. The Morgan fingerprint density at radius 2 is 2.06 bits per heavy atom. The van der Waals surface area contributed by atoms with E-state index in [9.17, 15) is 14.4 Å². The van der Waals surface area contributed by atoms with Crippen LogP contribution in [0.25, 0.3) is 6.08 Å². The number of terminal acetylenes is 1. The molecule has 180 valence electrons. The molecule has 0 radical (unpaired) electrons. The van der Waals surface area contributed by atoms with Gasteiger partial charge in [-0.15, -0.1) is 6.42 Å². The molecule has 0 aliphatic carbocycles. The van der Waals surface area contributed by atoms with Gasteiger partial charge in [-0.25, -0.2) is 0 Å². The van der Waals surface area contributed by atoms with Crippen molar-refractivity contribution < 1.29 is 33.3 Å². The lowest BCUT2D eigenvalue weighted by molar-refractivity contribution is -0.127. The fraction of sp³-hybridized carbons (Fsp3) is 0.208. The topological polar surface area (TPSA) is 103 Å². The van der Waals surface area contributed by atoms with Crippen LogP contribution in [0.5, 0.6) is 23.0 Å². The second-order valence-corrected chi connectivity index (χ2v) is 8.99. The van der Waals surface area contributed by atoms with Gasteiger partial charge in [0.1, 0.15) is 13.2 Å². The summed E-state index contributed by atoms with van der Waals surface area (Å²) < 4.78 is 22.3. The zero-order valence-corrected chi connectivity index (χ0v) is 20.9. The molecule has 2 aromatic rings. The Bertz CT molecular complexity index is 1270. The summed E-state index contributed by atoms with van der Waals surface area (Å²) in [4.78, 5) is 38.9. The van der Waals surface area contributed by atoms with Crippen LogP contribution in [0.2, 0.25) is 0 Å². The van der Waals surface area contributed by atoms with Gasteiger partial charge in [0.05, 0.1) is 16.0 Å². The Morgan fingerprint density at radius 3 is 2.83 bits per heavy atom. The van der Waals surface area contributed by atoms with Gasteiger partial charge in [0.25, 0.3) is 11.1 Å². The Kier molecular flexibility index (Phi) is 7.53. The first-order valence-corrected chi connectivity index (χ1v) is 12.0. The van der Waals surface area contributed by atoms with Crippen LogP contribution in [0.4, 0.5) is 10.5 Å². The average Bonchev–Trinajstić information content (AvgIpc) is 3.38. The second-order valence-electron chi connectivity index (χ2n) is 7.14. The van der Waals surface area contributed by atoms with E-state index in [1.54, 1.807) is 36.4 Å². The Balaban J connectivity index is 1.47.